The summed E-state index contributed by atoms with van der Waals surface area (Å²) in [6.45, 7) is 1.66. The van der Waals surface area contributed by atoms with E-state index >= 15 is 0 Å². The van der Waals surface area contributed by atoms with Crippen molar-refractivity contribution < 1.29 is 9.18 Å². The molecule has 0 aliphatic carbocycles. The van der Waals surface area contributed by atoms with Crippen LogP contribution in [0.4, 0.5) is 10.1 Å². The Morgan fingerprint density at radius 2 is 2.00 bits per heavy atom. The number of nitrogens with zero attached hydrogens (tertiary/aromatic N) is 1. The number of aromatic nitrogens is 1. The summed E-state index contributed by atoms with van der Waals surface area (Å²) < 4.78 is 15.1. The lowest BCUT2D eigenvalue weighted by molar-refractivity contribution is -0.113. The summed E-state index contributed by atoms with van der Waals surface area (Å²) in [7, 11) is 1.67. The molecule has 26 heavy (non-hydrogen) atoms. The van der Waals surface area contributed by atoms with E-state index in [0.717, 1.165) is 5.39 Å². The number of aryl methyl sites for hydroxylation is 2. The predicted molar refractivity (Wildman–Crippen MR) is 105 cm³/mol. The molecule has 0 aliphatic rings. The Morgan fingerprint density at radius 1 is 1.23 bits per heavy atom. The average Bonchev–Trinajstić information content (AvgIpc) is 2.60. The van der Waals surface area contributed by atoms with Gasteiger partial charge in [-0.15, -0.1) is 11.8 Å². The second kappa shape index (κ2) is 7.51. The number of carbonyl (C=O) groups is 1. The van der Waals surface area contributed by atoms with Crippen molar-refractivity contribution in [2.24, 2.45) is 7.05 Å². The third kappa shape index (κ3) is 3.92. The number of nitrogens with one attached hydrogen (secondary N) is 1. The van der Waals surface area contributed by atoms with Gasteiger partial charge in [0.05, 0.1) is 11.3 Å². The standard InChI is InChI=1S/C19H16ClFN2O2S/c1-11-3-5-13(8-15(11)21)22-18(24)10-26-17-9-19(25)23(2)16-7-12(20)4-6-14(16)17/h3-9H,10H2,1-2H3,(H,22,24). The zero-order chi connectivity index (χ0) is 18.8. The zero-order valence-electron chi connectivity index (χ0n) is 14.2. The Kier molecular flexibility index (Phi) is 5.34. The normalized spacial score (nSPS) is 10.9. The predicted octanol–water partition coefficient (Wildman–Crippen LogP) is 4.37. The second-order valence-electron chi connectivity index (χ2n) is 5.87. The molecule has 0 saturated heterocycles. The van der Waals surface area contributed by atoms with Crippen molar-refractivity contribution in [2.45, 2.75) is 11.8 Å². The molecular weight excluding hydrogens is 375 g/mol. The maximum Gasteiger partial charge on any atom is 0.251 e. The molecule has 3 rings (SSSR count). The van der Waals surface area contributed by atoms with Crippen LogP contribution in [-0.2, 0) is 11.8 Å². The maximum atomic E-state index is 13.6. The molecule has 1 heterocycles. The van der Waals surface area contributed by atoms with E-state index in [2.05, 4.69) is 5.32 Å². The molecule has 1 aromatic heterocycles. The highest BCUT2D eigenvalue weighted by Gasteiger charge is 2.11. The van der Waals surface area contributed by atoms with Crippen LogP contribution in [0.15, 0.2) is 52.2 Å². The quantitative estimate of drug-likeness (QED) is 0.673. The van der Waals surface area contributed by atoms with E-state index in [1.165, 1.54) is 28.5 Å². The van der Waals surface area contributed by atoms with E-state index in [1.54, 1.807) is 38.2 Å². The minimum absolute atomic E-state index is 0.0976. The molecule has 4 nitrogen and oxygen atoms in total. The molecule has 1 amide bonds. The van der Waals surface area contributed by atoms with Gasteiger partial charge in [0.2, 0.25) is 5.91 Å². The Labute approximate surface area is 159 Å². The molecule has 0 radical (unpaired) electrons. The van der Waals surface area contributed by atoms with Gasteiger partial charge in [0.15, 0.2) is 0 Å². The van der Waals surface area contributed by atoms with Gasteiger partial charge in [0, 0.05) is 34.1 Å². The van der Waals surface area contributed by atoms with Crippen molar-refractivity contribution in [3.05, 3.63) is 69.2 Å². The molecule has 0 aliphatic heterocycles. The zero-order valence-corrected chi connectivity index (χ0v) is 15.7. The molecule has 3 aromatic rings. The summed E-state index contributed by atoms with van der Waals surface area (Å²) in [5, 5.41) is 4.04. The number of thioether (sulfide) groups is 1. The van der Waals surface area contributed by atoms with Gasteiger partial charge in [-0.3, -0.25) is 9.59 Å². The number of rotatable bonds is 4. The molecular formula is C19H16ClFN2O2S. The summed E-state index contributed by atoms with van der Waals surface area (Å²) in [5.74, 6) is -0.550. The molecule has 0 fully saturated rings. The lowest BCUT2D eigenvalue weighted by Crippen LogP contribution is -2.17. The van der Waals surface area contributed by atoms with Crippen LogP contribution >= 0.6 is 23.4 Å². The fraction of sp³-hybridized carbons (Fsp3) is 0.158. The highest BCUT2D eigenvalue weighted by atomic mass is 35.5. The summed E-state index contributed by atoms with van der Waals surface area (Å²) in [6, 6.07) is 11.3. The molecule has 0 saturated carbocycles. The first-order valence-electron chi connectivity index (χ1n) is 7.83. The Balaban J connectivity index is 1.79. The van der Waals surface area contributed by atoms with E-state index in [1.807, 2.05) is 6.07 Å². The Bertz CT molecular complexity index is 1070. The topological polar surface area (TPSA) is 51.1 Å². The van der Waals surface area contributed by atoms with Crippen molar-refractivity contribution in [1.82, 2.24) is 4.57 Å². The lowest BCUT2D eigenvalue weighted by atomic mass is 10.2. The maximum absolute atomic E-state index is 13.6. The van der Waals surface area contributed by atoms with Crippen molar-refractivity contribution >= 4 is 45.9 Å². The van der Waals surface area contributed by atoms with E-state index in [9.17, 15) is 14.0 Å². The van der Waals surface area contributed by atoms with Crippen molar-refractivity contribution in [3.8, 4) is 0 Å². The van der Waals surface area contributed by atoms with Crippen molar-refractivity contribution in [2.75, 3.05) is 11.1 Å². The van der Waals surface area contributed by atoms with E-state index in [4.69, 9.17) is 11.6 Å². The van der Waals surface area contributed by atoms with Gasteiger partial charge in [-0.1, -0.05) is 23.7 Å². The number of carbonyl (C=O) groups excluding carboxylic acids is 1. The molecule has 0 atom stereocenters. The fourth-order valence-electron chi connectivity index (χ4n) is 2.53. The van der Waals surface area contributed by atoms with Crippen LogP contribution in [-0.4, -0.2) is 16.2 Å². The molecule has 134 valence electrons. The van der Waals surface area contributed by atoms with Gasteiger partial charge in [-0.2, -0.15) is 0 Å². The summed E-state index contributed by atoms with van der Waals surface area (Å²) in [5.41, 5.74) is 1.44. The van der Waals surface area contributed by atoms with Crippen LogP contribution in [0.3, 0.4) is 0 Å². The molecule has 1 N–H and O–H groups in total. The van der Waals surface area contributed by atoms with Gasteiger partial charge < -0.3 is 9.88 Å². The third-order valence-corrected chi connectivity index (χ3v) is 5.28. The second-order valence-corrected chi connectivity index (χ2v) is 7.32. The Morgan fingerprint density at radius 3 is 2.73 bits per heavy atom. The van der Waals surface area contributed by atoms with E-state index in [-0.39, 0.29) is 23.0 Å². The molecule has 0 unspecified atom stereocenters. The van der Waals surface area contributed by atoms with Crippen molar-refractivity contribution in [3.63, 3.8) is 0 Å². The highest BCUT2D eigenvalue weighted by Crippen LogP contribution is 2.28. The van der Waals surface area contributed by atoms with Gasteiger partial charge in [-0.05, 0) is 36.8 Å². The van der Waals surface area contributed by atoms with Gasteiger partial charge in [0.1, 0.15) is 5.82 Å². The van der Waals surface area contributed by atoms with Gasteiger partial charge in [-0.25, -0.2) is 4.39 Å². The first kappa shape index (κ1) is 18.5. The number of hydrogen-bond donors (Lipinski definition) is 1. The first-order valence-corrected chi connectivity index (χ1v) is 9.19. The molecule has 0 bridgehead atoms. The average molecular weight is 391 g/mol. The van der Waals surface area contributed by atoms with E-state index < -0.39 is 0 Å². The van der Waals surface area contributed by atoms with Crippen LogP contribution in [0.5, 0.6) is 0 Å². The fourth-order valence-corrected chi connectivity index (χ4v) is 3.56. The minimum Gasteiger partial charge on any atom is -0.325 e. The van der Waals surface area contributed by atoms with Crippen LogP contribution < -0.4 is 10.9 Å². The number of fused-ring (bicyclic) bond motifs is 1. The molecule has 7 heteroatoms. The van der Waals surface area contributed by atoms with Crippen LogP contribution in [0.1, 0.15) is 5.56 Å². The highest BCUT2D eigenvalue weighted by molar-refractivity contribution is 8.00. The largest absolute Gasteiger partial charge is 0.325 e. The lowest BCUT2D eigenvalue weighted by Gasteiger charge is -2.11. The third-order valence-electron chi connectivity index (χ3n) is 3.99. The Hall–Kier alpha value is -2.31. The van der Waals surface area contributed by atoms with Crippen LogP contribution in [0.25, 0.3) is 10.9 Å². The van der Waals surface area contributed by atoms with E-state index in [0.29, 0.717) is 26.7 Å². The number of anilines is 1. The van der Waals surface area contributed by atoms with Gasteiger partial charge in [0.25, 0.3) is 5.56 Å². The minimum atomic E-state index is -0.370. The smallest absolute Gasteiger partial charge is 0.251 e. The SMILES string of the molecule is Cc1ccc(NC(=O)CSc2cc(=O)n(C)c3cc(Cl)ccc23)cc1F. The first-order chi connectivity index (χ1) is 12.3. The number of amides is 1. The number of hydrogen-bond acceptors (Lipinski definition) is 3. The number of halogens is 2. The molecule has 2 aromatic carbocycles. The summed E-state index contributed by atoms with van der Waals surface area (Å²) >= 11 is 7.27. The van der Waals surface area contributed by atoms with Crippen LogP contribution in [0, 0.1) is 12.7 Å². The summed E-state index contributed by atoms with van der Waals surface area (Å²) in [6.07, 6.45) is 0. The van der Waals surface area contributed by atoms with Crippen LogP contribution in [0.2, 0.25) is 5.02 Å². The van der Waals surface area contributed by atoms with Gasteiger partial charge >= 0.3 is 0 Å². The monoisotopic (exact) mass is 390 g/mol. The summed E-state index contributed by atoms with van der Waals surface area (Å²) in [4.78, 5) is 25.0. The number of pyridine rings is 1. The number of benzene rings is 2. The molecule has 0 spiro atoms. The van der Waals surface area contributed by atoms with Crippen molar-refractivity contribution in [1.29, 1.82) is 0 Å².